The average molecular weight is 260 g/mol. The van der Waals surface area contributed by atoms with Crippen molar-refractivity contribution in [3.8, 4) is 0 Å². The molecule has 0 amide bonds. The van der Waals surface area contributed by atoms with E-state index in [1.807, 2.05) is 0 Å². The van der Waals surface area contributed by atoms with Crippen LogP contribution in [0.5, 0.6) is 0 Å². The fourth-order valence-electron chi connectivity index (χ4n) is 4.04. The molecule has 2 rings (SSSR count). The number of para-hydroxylation sites is 1. The van der Waals surface area contributed by atoms with Crippen molar-refractivity contribution in [3.05, 3.63) is 29.8 Å². The van der Waals surface area contributed by atoms with Gasteiger partial charge in [0, 0.05) is 23.6 Å². The first-order chi connectivity index (χ1) is 8.77. The first-order valence-electron chi connectivity index (χ1n) is 7.26. The minimum absolute atomic E-state index is 0.166. The Bertz CT molecular complexity index is 464. The molecule has 0 aromatic heterocycles. The summed E-state index contributed by atoms with van der Waals surface area (Å²) in [6.07, 6.45) is 1.59. The number of hydrogen-bond donors (Lipinski definition) is 0. The first kappa shape index (κ1) is 14.4. The molecule has 0 saturated carbocycles. The molecular formula is C17H28N2. The van der Waals surface area contributed by atoms with Gasteiger partial charge in [-0.3, -0.25) is 4.90 Å². The Labute approximate surface area is 118 Å². The van der Waals surface area contributed by atoms with E-state index >= 15 is 0 Å². The molecule has 0 bridgehead atoms. The molecule has 0 radical (unpaired) electrons. The molecule has 1 aromatic carbocycles. The van der Waals surface area contributed by atoms with Gasteiger partial charge in [-0.05, 0) is 32.1 Å². The molecule has 0 aliphatic carbocycles. The Hall–Kier alpha value is -1.02. The van der Waals surface area contributed by atoms with Crippen LogP contribution in [-0.2, 0) is 5.41 Å². The lowest BCUT2D eigenvalue weighted by Gasteiger charge is -2.59. The van der Waals surface area contributed by atoms with Crippen molar-refractivity contribution in [2.45, 2.75) is 45.7 Å². The van der Waals surface area contributed by atoms with E-state index in [0.29, 0.717) is 6.17 Å². The second-order valence-corrected chi connectivity index (χ2v) is 6.86. The fraction of sp³-hybridized carbons (Fsp3) is 0.647. The van der Waals surface area contributed by atoms with Crippen molar-refractivity contribution >= 4 is 5.69 Å². The fourth-order valence-corrected chi connectivity index (χ4v) is 4.04. The molecule has 0 N–H and O–H groups in total. The molecule has 0 spiro atoms. The van der Waals surface area contributed by atoms with Crippen LogP contribution in [0.3, 0.4) is 0 Å². The van der Waals surface area contributed by atoms with E-state index in [9.17, 15) is 0 Å². The van der Waals surface area contributed by atoms with Gasteiger partial charge in [-0.25, -0.2) is 0 Å². The summed E-state index contributed by atoms with van der Waals surface area (Å²) in [6.45, 7) is 9.56. The maximum absolute atomic E-state index is 2.45. The number of benzene rings is 1. The summed E-state index contributed by atoms with van der Waals surface area (Å²) in [6, 6.07) is 8.86. The van der Waals surface area contributed by atoms with Crippen LogP contribution in [-0.4, -0.2) is 32.2 Å². The summed E-state index contributed by atoms with van der Waals surface area (Å²) < 4.78 is 0. The molecule has 0 saturated heterocycles. The Kier molecular flexibility index (Phi) is 3.42. The summed E-state index contributed by atoms with van der Waals surface area (Å²) in [5.41, 5.74) is 3.23. The summed E-state index contributed by atoms with van der Waals surface area (Å²) in [4.78, 5) is 4.81. The van der Waals surface area contributed by atoms with Crippen LogP contribution in [0.4, 0.5) is 5.69 Å². The highest BCUT2D eigenvalue weighted by molar-refractivity contribution is 5.60. The third-order valence-corrected chi connectivity index (χ3v) is 5.55. The first-order valence-corrected chi connectivity index (χ1v) is 7.26. The van der Waals surface area contributed by atoms with Gasteiger partial charge in [0.25, 0.3) is 0 Å². The van der Waals surface area contributed by atoms with Gasteiger partial charge >= 0.3 is 0 Å². The molecule has 1 heterocycles. The lowest BCUT2D eigenvalue weighted by atomic mass is 9.57. The molecule has 1 aromatic rings. The predicted octanol–water partition coefficient (Wildman–Crippen LogP) is 3.72. The summed E-state index contributed by atoms with van der Waals surface area (Å²) in [5.74, 6) is 0. The van der Waals surface area contributed by atoms with Crippen LogP contribution < -0.4 is 4.90 Å². The van der Waals surface area contributed by atoms with Crippen LogP contribution in [0.25, 0.3) is 0 Å². The number of hydrogen-bond acceptors (Lipinski definition) is 2. The van der Waals surface area contributed by atoms with Gasteiger partial charge in [-0.15, -0.1) is 0 Å². The van der Waals surface area contributed by atoms with Crippen LogP contribution in [0, 0.1) is 5.41 Å². The highest BCUT2D eigenvalue weighted by atomic mass is 15.3. The number of rotatable bonds is 2. The van der Waals surface area contributed by atoms with Crippen molar-refractivity contribution in [2.75, 3.05) is 26.0 Å². The summed E-state index contributed by atoms with van der Waals surface area (Å²) in [5, 5.41) is 0. The van der Waals surface area contributed by atoms with Gasteiger partial charge in [-0.2, -0.15) is 0 Å². The number of nitrogens with zero attached hydrogens (tertiary/aromatic N) is 2. The molecule has 19 heavy (non-hydrogen) atoms. The predicted molar refractivity (Wildman–Crippen MR) is 83.7 cm³/mol. The Balaban J connectivity index is 2.70. The molecule has 2 heteroatoms. The molecular weight excluding hydrogens is 232 g/mol. The third kappa shape index (κ3) is 1.80. The van der Waals surface area contributed by atoms with E-state index in [4.69, 9.17) is 0 Å². The van der Waals surface area contributed by atoms with E-state index in [1.54, 1.807) is 0 Å². The Morgan fingerprint density at radius 3 is 2.26 bits per heavy atom. The SMILES string of the molecule is CCC1(C)C(N(C)C)N(C)c2ccccc2C1(C)C. The zero-order valence-corrected chi connectivity index (χ0v) is 13.5. The van der Waals surface area contributed by atoms with Crippen molar-refractivity contribution in [1.29, 1.82) is 0 Å². The Morgan fingerprint density at radius 2 is 1.74 bits per heavy atom. The van der Waals surface area contributed by atoms with Crippen molar-refractivity contribution in [3.63, 3.8) is 0 Å². The maximum atomic E-state index is 2.45. The molecule has 2 unspecified atom stereocenters. The smallest absolute Gasteiger partial charge is 0.0875 e. The van der Waals surface area contributed by atoms with Gasteiger partial charge in [0.2, 0.25) is 0 Å². The molecule has 106 valence electrons. The molecule has 1 aliphatic rings. The summed E-state index contributed by atoms with van der Waals surface area (Å²) in [7, 11) is 6.62. The quantitative estimate of drug-likeness (QED) is 0.799. The third-order valence-electron chi connectivity index (χ3n) is 5.55. The van der Waals surface area contributed by atoms with Gasteiger partial charge < -0.3 is 4.90 Å². The van der Waals surface area contributed by atoms with Gasteiger partial charge in [0.15, 0.2) is 0 Å². The van der Waals surface area contributed by atoms with Gasteiger partial charge in [0.1, 0.15) is 0 Å². The van der Waals surface area contributed by atoms with E-state index in [0.717, 1.165) is 0 Å². The van der Waals surface area contributed by atoms with E-state index in [-0.39, 0.29) is 10.8 Å². The lowest BCUT2D eigenvalue weighted by molar-refractivity contribution is 0.0325. The van der Waals surface area contributed by atoms with Crippen LogP contribution in [0.15, 0.2) is 24.3 Å². The highest BCUT2D eigenvalue weighted by Gasteiger charge is 2.53. The second kappa shape index (κ2) is 4.52. The molecule has 2 atom stereocenters. The number of anilines is 1. The average Bonchev–Trinajstić information content (AvgIpc) is 2.36. The zero-order valence-electron chi connectivity index (χ0n) is 13.5. The molecule has 2 nitrogen and oxygen atoms in total. The van der Waals surface area contributed by atoms with Gasteiger partial charge in [-0.1, -0.05) is 45.9 Å². The minimum atomic E-state index is 0.166. The Morgan fingerprint density at radius 1 is 1.16 bits per heavy atom. The monoisotopic (exact) mass is 260 g/mol. The lowest BCUT2D eigenvalue weighted by Crippen LogP contribution is -2.63. The van der Waals surface area contributed by atoms with Crippen LogP contribution >= 0.6 is 0 Å². The minimum Gasteiger partial charge on any atom is -0.358 e. The van der Waals surface area contributed by atoms with Crippen LogP contribution in [0.2, 0.25) is 0 Å². The second-order valence-electron chi connectivity index (χ2n) is 6.86. The van der Waals surface area contributed by atoms with E-state index in [1.165, 1.54) is 17.7 Å². The summed E-state index contributed by atoms with van der Waals surface area (Å²) >= 11 is 0. The standard InChI is InChI=1S/C17H28N2/c1-8-17(4)15(18(5)6)19(7)14-12-10-9-11-13(14)16(17,2)3/h9-12,15H,8H2,1-7H3. The van der Waals surface area contributed by atoms with Crippen molar-refractivity contribution in [2.24, 2.45) is 5.41 Å². The van der Waals surface area contributed by atoms with E-state index in [2.05, 4.69) is 82.9 Å². The van der Waals surface area contributed by atoms with Crippen LogP contribution in [0.1, 0.15) is 39.7 Å². The maximum Gasteiger partial charge on any atom is 0.0875 e. The zero-order chi connectivity index (χ0) is 14.4. The molecule has 1 aliphatic heterocycles. The van der Waals surface area contributed by atoms with E-state index < -0.39 is 0 Å². The van der Waals surface area contributed by atoms with Crippen molar-refractivity contribution in [1.82, 2.24) is 4.90 Å². The normalized spacial score (nSPS) is 29.5. The highest BCUT2D eigenvalue weighted by Crippen LogP contribution is 2.54. The molecule has 0 fully saturated rings. The van der Waals surface area contributed by atoms with Crippen molar-refractivity contribution < 1.29 is 0 Å². The van der Waals surface area contributed by atoms with Gasteiger partial charge in [0.05, 0.1) is 6.17 Å². The largest absolute Gasteiger partial charge is 0.358 e. The topological polar surface area (TPSA) is 6.48 Å². The number of fused-ring (bicyclic) bond motifs is 1.